The summed E-state index contributed by atoms with van der Waals surface area (Å²) in [6, 6.07) is 0.154. The fraction of sp³-hybridized carbons (Fsp3) is 0.923. The summed E-state index contributed by atoms with van der Waals surface area (Å²) in [7, 11) is 0. The molecule has 0 aliphatic carbocycles. The predicted molar refractivity (Wildman–Crippen MR) is 71.2 cm³/mol. The molecular weight excluding hydrogens is 216 g/mol. The van der Waals surface area contributed by atoms with Crippen LogP contribution in [-0.2, 0) is 4.74 Å². The van der Waals surface area contributed by atoms with Crippen LogP contribution in [0.3, 0.4) is 0 Å². The first kappa shape index (κ1) is 16.2. The van der Waals surface area contributed by atoms with Crippen molar-refractivity contribution in [1.82, 2.24) is 10.2 Å². The minimum Gasteiger partial charge on any atom is -0.444 e. The van der Waals surface area contributed by atoms with Crippen molar-refractivity contribution in [1.29, 1.82) is 0 Å². The Hall–Kier alpha value is -0.770. The Morgan fingerprint density at radius 3 is 2.35 bits per heavy atom. The molecule has 1 N–H and O–H groups in total. The van der Waals surface area contributed by atoms with E-state index in [0.717, 1.165) is 19.5 Å². The Bertz CT molecular complexity index is 224. The van der Waals surface area contributed by atoms with Crippen LogP contribution in [0.25, 0.3) is 0 Å². The fourth-order valence-corrected chi connectivity index (χ4v) is 1.54. The summed E-state index contributed by atoms with van der Waals surface area (Å²) in [5.74, 6) is 0. The number of hydrogen-bond donors (Lipinski definition) is 1. The van der Waals surface area contributed by atoms with Gasteiger partial charge in [0.1, 0.15) is 5.60 Å². The number of carbonyl (C=O) groups excluding carboxylic acids is 1. The SMILES string of the molecule is CCCNC[C@H](C)N(CC)C(=O)OC(C)(C)C. The van der Waals surface area contributed by atoms with Gasteiger partial charge in [0.2, 0.25) is 0 Å². The van der Waals surface area contributed by atoms with Gasteiger partial charge in [-0.1, -0.05) is 6.92 Å². The van der Waals surface area contributed by atoms with Crippen LogP contribution < -0.4 is 5.32 Å². The third-order valence-electron chi connectivity index (χ3n) is 2.37. The molecule has 0 saturated carbocycles. The third-order valence-corrected chi connectivity index (χ3v) is 2.37. The van der Waals surface area contributed by atoms with Crippen LogP contribution in [0.5, 0.6) is 0 Å². The number of rotatable bonds is 6. The van der Waals surface area contributed by atoms with Gasteiger partial charge >= 0.3 is 6.09 Å². The number of hydrogen-bond acceptors (Lipinski definition) is 3. The van der Waals surface area contributed by atoms with Crippen LogP contribution in [0.15, 0.2) is 0 Å². The van der Waals surface area contributed by atoms with Gasteiger partial charge in [0.15, 0.2) is 0 Å². The molecule has 0 aromatic rings. The van der Waals surface area contributed by atoms with Crippen molar-refractivity contribution in [2.24, 2.45) is 0 Å². The smallest absolute Gasteiger partial charge is 0.410 e. The van der Waals surface area contributed by atoms with Crippen LogP contribution in [-0.4, -0.2) is 42.3 Å². The molecule has 0 aliphatic rings. The first-order valence-corrected chi connectivity index (χ1v) is 6.52. The van der Waals surface area contributed by atoms with E-state index in [-0.39, 0.29) is 12.1 Å². The minimum atomic E-state index is -0.429. The molecule has 0 radical (unpaired) electrons. The van der Waals surface area contributed by atoms with Crippen molar-refractivity contribution in [3.8, 4) is 0 Å². The van der Waals surface area contributed by atoms with Crippen molar-refractivity contribution >= 4 is 6.09 Å². The van der Waals surface area contributed by atoms with E-state index in [1.165, 1.54) is 0 Å². The second-order valence-corrected chi connectivity index (χ2v) is 5.32. The number of ether oxygens (including phenoxy) is 1. The minimum absolute atomic E-state index is 0.154. The monoisotopic (exact) mass is 244 g/mol. The molecule has 1 atom stereocenters. The van der Waals surface area contributed by atoms with Crippen LogP contribution in [0.4, 0.5) is 4.79 Å². The fourth-order valence-electron chi connectivity index (χ4n) is 1.54. The molecule has 17 heavy (non-hydrogen) atoms. The number of nitrogens with one attached hydrogen (secondary N) is 1. The van der Waals surface area contributed by atoms with E-state index in [2.05, 4.69) is 12.2 Å². The van der Waals surface area contributed by atoms with Crippen LogP contribution >= 0.6 is 0 Å². The predicted octanol–water partition coefficient (Wildman–Crippen LogP) is 2.63. The zero-order valence-electron chi connectivity index (χ0n) is 12.2. The van der Waals surface area contributed by atoms with Gasteiger partial charge in [-0.05, 0) is 47.6 Å². The standard InChI is InChI=1S/C13H28N2O2/c1-7-9-14-10-11(3)15(8-2)12(16)17-13(4,5)6/h11,14H,7-10H2,1-6H3/t11-/m0/s1. The maximum absolute atomic E-state index is 11.9. The maximum atomic E-state index is 11.9. The average Bonchev–Trinajstić information content (AvgIpc) is 2.16. The molecule has 0 unspecified atom stereocenters. The van der Waals surface area contributed by atoms with E-state index in [0.29, 0.717) is 6.54 Å². The zero-order chi connectivity index (χ0) is 13.5. The summed E-state index contributed by atoms with van der Waals surface area (Å²) in [6.07, 6.45) is 0.872. The molecule has 0 aromatic heterocycles. The Kier molecular flexibility index (Phi) is 7.19. The van der Waals surface area contributed by atoms with Gasteiger partial charge in [-0.3, -0.25) is 0 Å². The summed E-state index contributed by atoms with van der Waals surface area (Å²) < 4.78 is 5.38. The molecule has 4 nitrogen and oxygen atoms in total. The first-order valence-electron chi connectivity index (χ1n) is 6.52. The Morgan fingerprint density at radius 2 is 1.94 bits per heavy atom. The lowest BCUT2D eigenvalue weighted by Crippen LogP contribution is -2.46. The van der Waals surface area contributed by atoms with Crippen LogP contribution in [0, 0.1) is 0 Å². The third kappa shape index (κ3) is 7.21. The molecule has 0 fully saturated rings. The van der Waals surface area contributed by atoms with E-state index in [1.807, 2.05) is 34.6 Å². The normalized spacial score (nSPS) is 13.3. The zero-order valence-corrected chi connectivity index (χ0v) is 12.2. The molecule has 0 rings (SSSR count). The molecule has 1 amide bonds. The van der Waals surface area contributed by atoms with Crippen molar-refractivity contribution in [2.75, 3.05) is 19.6 Å². The van der Waals surface area contributed by atoms with E-state index in [9.17, 15) is 4.79 Å². The van der Waals surface area contributed by atoms with Gasteiger partial charge in [-0.2, -0.15) is 0 Å². The highest BCUT2D eigenvalue weighted by Gasteiger charge is 2.24. The van der Waals surface area contributed by atoms with E-state index >= 15 is 0 Å². The molecule has 0 bridgehead atoms. The van der Waals surface area contributed by atoms with E-state index in [1.54, 1.807) is 4.90 Å². The number of amides is 1. The van der Waals surface area contributed by atoms with Crippen molar-refractivity contribution in [3.05, 3.63) is 0 Å². The van der Waals surface area contributed by atoms with E-state index in [4.69, 9.17) is 4.74 Å². The summed E-state index contributed by atoms with van der Waals surface area (Å²) in [5, 5.41) is 3.32. The van der Waals surface area contributed by atoms with Gasteiger partial charge < -0.3 is 15.0 Å². The van der Waals surface area contributed by atoms with Crippen LogP contribution in [0.1, 0.15) is 48.0 Å². The molecule has 0 spiro atoms. The van der Waals surface area contributed by atoms with Gasteiger partial charge in [-0.25, -0.2) is 4.79 Å². The molecular formula is C13H28N2O2. The lowest BCUT2D eigenvalue weighted by molar-refractivity contribution is 0.0189. The van der Waals surface area contributed by atoms with Gasteiger partial charge in [-0.15, -0.1) is 0 Å². The lowest BCUT2D eigenvalue weighted by atomic mass is 10.2. The summed E-state index contributed by atoms with van der Waals surface area (Å²) in [5.41, 5.74) is -0.429. The Morgan fingerprint density at radius 1 is 1.35 bits per heavy atom. The van der Waals surface area contributed by atoms with E-state index < -0.39 is 5.60 Å². The molecule has 0 aliphatic heterocycles. The Labute approximate surface area is 106 Å². The largest absolute Gasteiger partial charge is 0.444 e. The van der Waals surface area contributed by atoms with Crippen molar-refractivity contribution in [2.45, 2.75) is 59.6 Å². The van der Waals surface area contributed by atoms with Gasteiger partial charge in [0, 0.05) is 19.1 Å². The second-order valence-electron chi connectivity index (χ2n) is 5.32. The lowest BCUT2D eigenvalue weighted by Gasteiger charge is -2.31. The second kappa shape index (κ2) is 7.54. The molecule has 0 heterocycles. The Balaban J connectivity index is 4.24. The summed E-state index contributed by atoms with van der Waals surface area (Å²) in [6.45, 7) is 14.3. The molecule has 0 saturated heterocycles. The van der Waals surface area contributed by atoms with Crippen molar-refractivity contribution < 1.29 is 9.53 Å². The van der Waals surface area contributed by atoms with Gasteiger partial charge in [0.25, 0.3) is 0 Å². The molecule has 4 heteroatoms. The highest BCUT2D eigenvalue weighted by molar-refractivity contribution is 5.68. The quantitative estimate of drug-likeness (QED) is 0.730. The van der Waals surface area contributed by atoms with Crippen LogP contribution in [0.2, 0.25) is 0 Å². The first-order chi connectivity index (χ1) is 7.81. The maximum Gasteiger partial charge on any atom is 0.410 e. The number of likely N-dealkylation sites (N-methyl/N-ethyl adjacent to an activating group) is 1. The molecule has 0 aromatic carbocycles. The van der Waals surface area contributed by atoms with Crippen molar-refractivity contribution in [3.63, 3.8) is 0 Å². The highest BCUT2D eigenvalue weighted by atomic mass is 16.6. The molecule has 102 valence electrons. The number of nitrogens with zero attached hydrogens (tertiary/aromatic N) is 1. The highest BCUT2D eigenvalue weighted by Crippen LogP contribution is 2.11. The summed E-state index contributed by atoms with van der Waals surface area (Å²) in [4.78, 5) is 13.7. The summed E-state index contributed by atoms with van der Waals surface area (Å²) >= 11 is 0. The number of carbonyl (C=O) groups is 1. The average molecular weight is 244 g/mol. The topological polar surface area (TPSA) is 41.6 Å². The van der Waals surface area contributed by atoms with Gasteiger partial charge in [0.05, 0.1) is 0 Å².